The summed E-state index contributed by atoms with van der Waals surface area (Å²) in [5.41, 5.74) is 1.32. The molecule has 0 spiro atoms. The molecule has 1 atom stereocenters. The van der Waals surface area contributed by atoms with Gasteiger partial charge in [0.2, 0.25) is 0 Å². The maximum atomic E-state index is 4.34. The smallest absolute Gasteiger partial charge is 0.101 e. The van der Waals surface area contributed by atoms with Crippen molar-refractivity contribution in [3.63, 3.8) is 0 Å². The van der Waals surface area contributed by atoms with E-state index in [1.807, 2.05) is 6.20 Å². The van der Waals surface area contributed by atoms with Crippen LogP contribution in [0.2, 0.25) is 0 Å². The number of nitrogens with zero attached hydrogens (tertiary/aromatic N) is 2. The predicted molar refractivity (Wildman–Crippen MR) is 69.8 cm³/mol. The SMILES string of the molecule is CC(c1ccc(I)nc1)N1CCNCC1. The Kier molecular flexibility index (Phi) is 3.93. The highest BCUT2D eigenvalue weighted by atomic mass is 127. The van der Waals surface area contributed by atoms with E-state index in [4.69, 9.17) is 0 Å². The van der Waals surface area contributed by atoms with Crippen molar-refractivity contribution in [1.29, 1.82) is 0 Å². The molecule has 1 N–H and O–H groups in total. The van der Waals surface area contributed by atoms with Crippen molar-refractivity contribution >= 4 is 22.6 Å². The van der Waals surface area contributed by atoms with Gasteiger partial charge in [0.15, 0.2) is 0 Å². The van der Waals surface area contributed by atoms with Gasteiger partial charge in [-0.05, 0) is 41.1 Å². The van der Waals surface area contributed by atoms with E-state index in [2.05, 4.69) is 56.8 Å². The first kappa shape index (κ1) is 11.3. The van der Waals surface area contributed by atoms with Crippen LogP contribution in [0.1, 0.15) is 18.5 Å². The minimum absolute atomic E-state index is 0.483. The number of pyridine rings is 1. The van der Waals surface area contributed by atoms with Crippen LogP contribution in [-0.4, -0.2) is 36.1 Å². The van der Waals surface area contributed by atoms with E-state index < -0.39 is 0 Å². The molecule has 2 heterocycles. The lowest BCUT2D eigenvalue weighted by Gasteiger charge is -2.32. The quantitative estimate of drug-likeness (QED) is 0.664. The van der Waals surface area contributed by atoms with Gasteiger partial charge >= 0.3 is 0 Å². The lowest BCUT2D eigenvalue weighted by molar-refractivity contribution is 0.185. The van der Waals surface area contributed by atoms with Crippen molar-refractivity contribution in [3.05, 3.63) is 27.6 Å². The van der Waals surface area contributed by atoms with Gasteiger partial charge in [-0.15, -0.1) is 0 Å². The van der Waals surface area contributed by atoms with E-state index in [1.54, 1.807) is 0 Å². The highest BCUT2D eigenvalue weighted by Gasteiger charge is 2.17. The Morgan fingerprint density at radius 2 is 2.13 bits per heavy atom. The Bertz CT molecular complexity index is 306. The van der Waals surface area contributed by atoms with Crippen LogP contribution >= 0.6 is 22.6 Å². The lowest BCUT2D eigenvalue weighted by atomic mass is 10.1. The fourth-order valence-electron chi connectivity index (χ4n) is 1.91. The largest absolute Gasteiger partial charge is 0.314 e. The van der Waals surface area contributed by atoms with Crippen LogP contribution in [0.25, 0.3) is 0 Å². The summed E-state index contributed by atoms with van der Waals surface area (Å²) in [4.78, 5) is 6.84. The van der Waals surface area contributed by atoms with E-state index in [0.717, 1.165) is 29.9 Å². The number of rotatable bonds is 2. The second-order valence-corrected chi connectivity index (χ2v) is 4.98. The van der Waals surface area contributed by atoms with Crippen LogP contribution in [0.3, 0.4) is 0 Å². The summed E-state index contributed by atoms with van der Waals surface area (Å²) in [5.74, 6) is 0. The molecule has 2 rings (SSSR count). The highest BCUT2D eigenvalue weighted by Crippen LogP contribution is 2.19. The van der Waals surface area contributed by atoms with Crippen LogP contribution in [0.5, 0.6) is 0 Å². The summed E-state index contributed by atoms with van der Waals surface area (Å²) in [6, 6.07) is 4.74. The molecular formula is C11H16IN3. The molecule has 15 heavy (non-hydrogen) atoms. The minimum Gasteiger partial charge on any atom is -0.314 e. The Balaban J connectivity index is 2.05. The van der Waals surface area contributed by atoms with Gasteiger partial charge in [0.1, 0.15) is 3.70 Å². The molecule has 1 aromatic rings. The van der Waals surface area contributed by atoms with Crippen LogP contribution in [0.15, 0.2) is 18.3 Å². The number of piperazine rings is 1. The Hall–Kier alpha value is -0.200. The van der Waals surface area contributed by atoms with Gasteiger partial charge in [-0.1, -0.05) is 6.07 Å². The molecule has 1 aliphatic rings. The standard InChI is InChI=1S/C11H16IN3/c1-9(15-6-4-13-5-7-15)10-2-3-11(12)14-8-10/h2-3,8-9,13H,4-7H2,1H3. The van der Waals surface area contributed by atoms with Gasteiger partial charge in [-0.2, -0.15) is 0 Å². The van der Waals surface area contributed by atoms with Gasteiger partial charge in [0, 0.05) is 38.4 Å². The molecular weight excluding hydrogens is 301 g/mol. The third-order valence-corrected chi connectivity index (χ3v) is 3.57. The summed E-state index contributed by atoms with van der Waals surface area (Å²) in [6.45, 7) is 6.72. The van der Waals surface area contributed by atoms with Crippen molar-refractivity contribution in [1.82, 2.24) is 15.2 Å². The first-order valence-corrected chi connectivity index (χ1v) is 6.41. The van der Waals surface area contributed by atoms with Crippen molar-refractivity contribution in [2.45, 2.75) is 13.0 Å². The predicted octanol–water partition coefficient (Wildman–Crippen LogP) is 1.65. The second-order valence-electron chi connectivity index (χ2n) is 3.88. The number of hydrogen-bond acceptors (Lipinski definition) is 3. The Morgan fingerprint density at radius 1 is 1.40 bits per heavy atom. The molecule has 0 amide bonds. The molecule has 1 aliphatic heterocycles. The maximum absolute atomic E-state index is 4.34. The molecule has 0 bridgehead atoms. The van der Waals surface area contributed by atoms with E-state index in [9.17, 15) is 0 Å². The summed E-state index contributed by atoms with van der Waals surface area (Å²) < 4.78 is 1.06. The maximum Gasteiger partial charge on any atom is 0.101 e. The molecule has 0 aliphatic carbocycles. The summed E-state index contributed by atoms with van der Waals surface area (Å²) in [5, 5.41) is 3.37. The molecule has 1 unspecified atom stereocenters. The van der Waals surface area contributed by atoms with E-state index in [0.29, 0.717) is 6.04 Å². The van der Waals surface area contributed by atoms with Crippen molar-refractivity contribution in [2.75, 3.05) is 26.2 Å². The average Bonchev–Trinajstić information content (AvgIpc) is 2.30. The molecule has 0 radical (unpaired) electrons. The van der Waals surface area contributed by atoms with Crippen molar-refractivity contribution in [3.8, 4) is 0 Å². The van der Waals surface area contributed by atoms with E-state index in [1.165, 1.54) is 5.56 Å². The monoisotopic (exact) mass is 317 g/mol. The molecule has 3 nitrogen and oxygen atoms in total. The zero-order valence-electron chi connectivity index (χ0n) is 8.91. The fourth-order valence-corrected chi connectivity index (χ4v) is 2.23. The van der Waals surface area contributed by atoms with Gasteiger partial charge in [-0.3, -0.25) is 4.90 Å². The molecule has 1 aromatic heterocycles. The van der Waals surface area contributed by atoms with Crippen LogP contribution in [0, 0.1) is 3.70 Å². The van der Waals surface area contributed by atoms with Gasteiger partial charge < -0.3 is 5.32 Å². The van der Waals surface area contributed by atoms with E-state index in [-0.39, 0.29) is 0 Å². The molecule has 0 aromatic carbocycles. The molecule has 1 saturated heterocycles. The molecule has 1 fully saturated rings. The topological polar surface area (TPSA) is 28.2 Å². The minimum atomic E-state index is 0.483. The van der Waals surface area contributed by atoms with Gasteiger partial charge in [-0.25, -0.2) is 4.98 Å². The van der Waals surface area contributed by atoms with Gasteiger partial charge in [0.05, 0.1) is 0 Å². The van der Waals surface area contributed by atoms with E-state index >= 15 is 0 Å². The molecule has 0 saturated carbocycles. The second kappa shape index (κ2) is 5.23. The average molecular weight is 317 g/mol. The van der Waals surface area contributed by atoms with Crippen LogP contribution < -0.4 is 5.32 Å². The number of halogens is 1. The van der Waals surface area contributed by atoms with Gasteiger partial charge in [0.25, 0.3) is 0 Å². The number of hydrogen-bond donors (Lipinski definition) is 1. The number of aromatic nitrogens is 1. The summed E-state index contributed by atoms with van der Waals surface area (Å²) in [6.07, 6.45) is 1.99. The molecule has 4 heteroatoms. The highest BCUT2D eigenvalue weighted by molar-refractivity contribution is 14.1. The third-order valence-electron chi connectivity index (χ3n) is 2.93. The van der Waals surface area contributed by atoms with Crippen LogP contribution in [-0.2, 0) is 0 Å². The first-order chi connectivity index (χ1) is 7.27. The lowest BCUT2D eigenvalue weighted by Crippen LogP contribution is -2.44. The van der Waals surface area contributed by atoms with Crippen LogP contribution in [0.4, 0.5) is 0 Å². The summed E-state index contributed by atoms with van der Waals surface area (Å²) in [7, 11) is 0. The molecule has 82 valence electrons. The zero-order chi connectivity index (χ0) is 10.7. The normalized spacial score (nSPS) is 20.1. The van der Waals surface area contributed by atoms with Crippen molar-refractivity contribution in [2.24, 2.45) is 0 Å². The number of nitrogens with one attached hydrogen (secondary N) is 1. The fraction of sp³-hybridized carbons (Fsp3) is 0.545. The van der Waals surface area contributed by atoms with Crippen molar-refractivity contribution < 1.29 is 0 Å². The zero-order valence-corrected chi connectivity index (χ0v) is 11.1. The Morgan fingerprint density at radius 3 is 2.73 bits per heavy atom. The first-order valence-electron chi connectivity index (χ1n) is 5.33. The summed E-state index contributed by atoms with van der Waals surface area (Å²) >= 11 is 2.24. The Labute approximate surface area is 104 Å². The third kappa shape index (κ3) is 2.89.